The van der Waals surface area contributed by atoms with E-state index in [-0.39, 0.29) is 42.0 Å². The smallest absolute Gasteiger partial charge is 0.320 e. The fourth-order valence-electron chi connectivity index (χ4n) is 11.9. The summed E-state index contributed by atoms with van der Waals surface area (Å²) >= 11 is 25.3. The predicted molar refractivity (Wildman–Crippen MR) is 261 cm³/mol. The topological polar surface area (TPSA) is 74.4 Å². The van der Waals surface area contributed by atoms with Gasteiger partial charge in [0.25, 0.3) is 0 Å². The zero-order chi connectivity index (χ0) is 44.9. The van der Waals surface area contributed by atoms with Crippen LogP contribution in [0.5, 0.6) is 0 Å². The number of halogens is 4. The average molecular weight is 961 g/mol. The van der Waals surface area contributed by atoms with Crippen LogP contribution in [0, 0.1) is 17.8 Å². The van der Waals surface area contributed by atoms with Crippen molar-refractivity contribution in [1.29, 1.82) is 0 Å². The minimum absolute atomic E-state index is 0.0585. The van der Waals surface area contributed by atoms with Gasteiger partial charge in [-0.25, -0.2) is 9.59 Å². The molecule has 4 saturated carbocycles. The van der Waals surface area contributed by atoms with Crippen molar-refractivity contribution in [2.45, 2.75) is 113 Å². The summed E-state index contributed by atoms with van der Waals surface area (Å²) in [6.07, 6.45) is 14.1. The van der Waals surface area contributed by atoms with Crippen LogP contribution in [0.4, 0.5) is 9.59 Å². The lowest BCUT2D eigenvalue weighted by atomic mass is 9.53. The van der Waals surface area contributed by atoms with Crippen molar-refractivity contribution in [2.75, 3.05) is 39.3 Å². The molecule has 4 aromatic carbocycles. The number of amides is 4. The lowest BCUT2D eigenvalue weighted by molar-refractivity contribution is -0.0282. The van der Waals surface area contributed by atoms with Crippen LogP contribution in [0.2, 0.25) is 20.1 Å². The normalized spacial score (nSPS) is 25.4. The van der Waals surface area contributed by atoms with Gasteiger partial charge in [0.15, 0.2) is 0 Å². The summed E-state index contributed by atoms with van der Waals surface area (Å²) in [5.41, 5.74) is 4.03. The van der Waals surface area contributed by atoms with Crippen molar-refractivity contribution in [1.82, 2.24) is 20.0 Å². The Morgan fingerprint density at radius 3 is 1.35 bits per heavy atom. The molecule has 3 heterocycles. The van der Waals surface area contributed by atoms with E-state index in [1.807, 2.05) is 112 Å². The van der Waals surface area contributed by atoms with E-state index in [1.165, 1.54) is 44.9 Å². The summed E-state index contributed by atoms with van der Waals surface area (Å²) in [7, 11) is 0. The van der Waals surface area contributed by atoms with Crippen molar-refractivity contribution < 1.29 is 19.1 Å². The molecule has 1 N–H and O–H groups in total. The number of rotatable bonds is 9. The summed E-state index contributed by atoms with van der Waals surface area (Å²) in [5.74, 6) is 2.49. The fraction of sp³-hybridized carbons (Fsp3) is 0.509. The van der Waals surface area contributed by atoms with Gasteiger partial charge in [0.2, 0.25) is 0 Å². The zero-order valence-electron chi connectivity index (χ0n) is 37.2. The largest absolute Gasteiger partial charge is 0.365 e. The van der Waals surface area contributed by atoms with E-state index in [9.17, 15) is 9.59 Å². The Morgan fingerprint density at radius 2 is 0.923 bits per heavy atom. The number of urea groups is 2. The fourth-order valence-corrected chi connectivity index (χ4v) is 12.7. The number of likely N-dealkylation sites (tertiary alicyclic amines) is 3. The molecule has 8 nitrogen and oxygen atoms in total. The molecule has 2 unspecified atom stereocenters. The van der Waals surface area contributed by atoms with Gasteiger partial charge < -0.3 is 29.5 Å². The molecular weight excluding hydrogens is 898 g/mol. The van der Waals surface area contributed by atoms with E-state index in [0.717, 1.165) is 118 Å². The Morgan fingerprint density at radius 1 is 0.523 bits per heavy atom. The highest BCUT2D eigenvalue weighted by atomic mass is 35.5. The molecule has 65 heavy (non-hydrogen) atoms. The lowest BCUT2D eigenvalue weighted by Crippen LogP contribution is -2.62. The third-order valence-electron chi connectivity index (χ3n) is 14.9. The van der Waals surface area contributed by atoms with Gasteiger partial charge >= 0.3 is 12.1 Å². The third kappa shape index (κ3) is 11.4. The van der Waals surface area contributed by atoms with Crippen LogP contribution in [0.15, 0.2) is 97.1 Å². The van der Waals surface area contributed by atoms with Gasteiger partial charge in [-0.2, -0.15) is 0 Å². The SMILES string of the molecule is O=C(N1CCCCC1)N1CCC(OC(c2ccc(Cl)cc2)c2ccccc2Cl)CC1.O=C(NC12CC3CC(CC(C3)C1)C2)N1CCC(OC(c2ccc(Cl)cc2)c2ccccc2Cl)CC1. The van der Waals surface area contributed by atoms with Crippen molar-refractivity contribution in [2.24, 2.45) is 17.8 Å². The number of ether oxygens (including phenoxy) is 2. The Balaban J connectivity index is 0.000000166. The summed E-state index contributed by atoms with van der Waals surface area (Å²) in [4.78, 5) is 32.1. The van der Waals surface area contributed by atoms with Gasteiger partial charge in [-0.05, 0) is 149 Å². The summed E-state index contributed by atoms with van der Waals surface area (Å²) in [5, 5.41) is 6.31. The maximum atomic E-state index is 13.3. The summed E-state index contributed by atoms with van der Waals surface area (Å²) in [6.45, 7) is 4.68. The first kappa shape index (κ1) is 46.6. The highest BCUT2D eigenvalue weighted by Crippen LogP contribution is 2.55. The van der Waals surface area contributed by atoms with Crippen molar-refractivity contribution in [3.8, 4) is 0 Å². The van der Waals surface area contributed by atoms with E-state index in [4.69, 9.17) is 55.9 Å². The minimum Gasteiger partial charge on any atom is -0.365 e. The molecule has 346 valence electrons. The highest BCUT2D eigenvalue weighted by Gasteiger charge is 2.52. The summed E-state index contributed by atoms with van der Waals surface area (Å²) in [6, 6.07) is 31.5. The number of carbonyl (C=O) groups is 2. The lowest BCUT2D eigenvalue weighted by Gasteiger charge is -2.57. The van der Waals surface area contributed by atoms with Gasteiger partial charge in [-0.1, -0.05) is 107 Å². The van der Waals surface area contributed by atoms with Crippen LogP contribution in [0.25, 0.3) is 0 Å². The molecule has 2 atom stereocenters. The van der Waals surface area contributed by atoms with Crippen molar-refractivity contribution in [3.05, 3.63) is 139 Å². The monoisotopic (exact) mass is 958 g/mol. The number of piperidine rings is 3. The predicted octanol–water partition coefficient (Wildman–Crippen LogP) is 13.4. The number of benzene rings is 4. The van der Waals surface area contributed by atoms with Gasteiger partial charge in [0, 0.05) is 76.0 Å². The average Bonchev–Trinajstić information content (AvgIpc) is 3.31. The van der Waals surface area contributed by atoms with Gasteiger partial charge in [0.1, 0.15) is 12.2 Å². The van der Waals surface area contributed by atoms with E-state index < -0.39 is 0 Å². The Hall–Kier alpha value is -3.50. The standard InChI is InChI=1S/C29H34Cl2N2O2.C24H28Cl2N2O2/c30-23-7-5-22(6-8-23)27(25-3-1-2-4-26(25)31)35-24-9-11-33(12-10-24)28(34)32-29-16-19-13-20(17-29)15-21(14-19)18-29;25-19-10-8-18(9-11-19)23(21-6-2-3-7-22(21)26)30-20-12-16-28(17-13-20)24(29)27-14-4-1-5-15-27/h1-8,19-21,24,27H,9-18H2,(H,32,34);2-3,6-11,20,23H,1,4-5,12-17H2. The second kappa shape index (κ2) is 21.2. The first-order chi connectivity index (χ1) is 31.6. The van der Waals surface area contributed by atoms with Crippen LogP contribution in [0.1, 0.15) is 118 Å². The molecule has 4 aromatic rings. The van der Waals surface area contributed by atoms with Crippen molar-refractivity contribution in [3.63, 3.8) is 0 Å². The first-order valence-corrected chi connectivity index (χ1v) is 25.5. The molecule has 12 heteroatoms. The molecule has 3 saturated heterocycles. The number of carbonyl (C=O) groups excluding carboxylic acids is 2. The third-order valence-corrected chi connectivity index (χ3v) is 16.0. The second-order valence-electron chi connectivity index (χ2n) is 19.5. The molecule has 4 bridgehead atoms. The van der Waals surface area contributed by atoms with Crippen LogP contribution in [-0.4, -0.2) is 83.8 Å². The Bertz CT molecular complexity index is 2190. The van der Waals surface area contributed by atoms with Crippen LogP contribution < -0.4 is 5.32 Å². The molecule has 4 amide bonds. The molecule has 7 fully saturated rings. The second-order valence-corrected chi connectivity index (χ2v) is 21.2. The van der Waals surface area contributed by atoms with Crippen LogP contribution >= 0.6 is 46.4 Å². The quantitative estimate of drug-likeness (QED) is 0.181. The maximum Gasteiger partial charge on any atom is 0.320 e. The summed E-state index contributed by atoms with van der Waals surface area (Å²) < 4.78 is 13.2. The molecule has 0 radical (unpaired) electrons. The van der Waals surface area contributed by atoms with Gasteiger partial charge in [-0.3, -0.25) is 0 Å². The van der Waals surface area contributed by atoms with Crippen LogP contribution in [-0.2, 0) is 9.47 Å². The Labute approximate surface area is 405 Å². The van der Waals surface area contributed by atoms with E-state index >= 15 is 0 Å². The van der Waals surface area contributed by atoms with Gasteiger partial charge in [0.05, 0.1) is 12.2 Å². The molecule has 11 rings (SSSR count). The highest BCUT2D eigenvalue weighted by molar-refractivity contribution is 6.32. The minimum atomic E-state index is -0.265. The molecule has 0 spiro atoms. The first-order valence-electron chi connectivity index (χ1n) is 24.0. The van der Waals surface area contributed by atoms with E-state index in [2.05, 4.69) is 5.32 Å². The molecule has 4 aliphatic carbocycles. The number of nitrogens with zero attached hydrogens (tertiary/aromatic N) is 3. The zero-order valence-corrected chi connectivity index (χ0v) is 40.2. The number of nitrogens with one attached hydrogen (secondary N) is 1. The van der Waals surface area contributed by atoms with Crippen LogP contribution in [0.3, 0.4) is 0 Å². The maximum absolute atomic E-state index is 13.3. The van der Waals surface area contributed by atoms with E-state index in [0.29, 0.717) is 20.1 Å². The Kier molecular flexibility index (Phi) is 15.2. The molecular formula is C53H62Cl4N4O4. The van der Waals surface area contributed by atoms with Crippen molar-refractivity contribution >= 4 is 58.5 Å². The molecule has 7 aliphatic rings. The molecule has 3 aliphatic heterocycles. The molecule has 0 aromatic heterocycles. The number of hydrogen-bond acceptors (Lipinski definition) is 4. The number of hydrogen-bond donors (Lipinski definition) is 1. The van der Waals surface area contributed by atoms with Gasteiger partial charge in [-0.15, -0.1) is 0 Å². The van der Waals surface area contributed by atoms with E-state index in [1.54, 1.807) is 0 Å².